The van der Waals surface area contributed by atoms with Crippen LogP contribution < -0.4 is 10.5 Å². The molecule has 1 atom stereocenters. The minimum Gasteiger partial charge on any atom is -0.480 e. The molecule has 0 aromatic heterocycles. The van der Waals surface area contributed by atoms with Crippen LogP contribution in [0.3, 0.4) is 0 Å². The van der Waals surface area contributed by atoms with E-state index < -0.39 is 18.4 Å². The van der Waals surface area contributed by atoms with Gasteiger partial charge in [0.2, 0.25) is 0 Å². The molecule has 1 rings (SSSR count). The number of halogens is 3. The van der Waals surface area contributed by atoms with Gasteiger partial charge in [-0.3, -0.25) is 4.79 Å². The summed E-state index contributed by atoms with van der Waals surface area (Å²) in [5, 5.41) is 8.56. The molecule has 0 spiro atoms. The summed E-state index contributed by atoms with van der Waals surface area (Å²) in [6, 6.07) is 4.26. The van der Waals surface area contributed by atoms with Crippen LogP contribution >= 0.6 is 0 Å². The van der Waals surface area contributed by atoms with Gasteiger partial charge in [-0.05, 0) is 30.5 Å². The second-order valence-electron chi connectivity index (χ2n) is 3.68. The molecular weight excluding hydrogens is 251 g/mol. The maximum absolute atomic E-state index is 11.9. The molecule has 0 aliphatic heterocycles. The highest BCUT2D eigenvalue weighted by Crippen LogP contribution is 2.23. The Hall–Kier alpha value is -1.76. The zero-order valence-corrected chi connectivity index (χ0v) is 9.28. The van der Waals surface area contributed by atoms with E-state index in [1.54, 1.807) is 0 Å². The summed E-state index contributed by atoms with van der Waals surface area (Å²) in [5.74, 6) is -1.42. The molecular formula is C11H12F3NO3. The van der Waals surface area contributed by atoms with Gasteiger partial charge in [0, 0.05) is 0 Å². The van der Waals surface area contributed by atoms with Crippen LogP contribution in [0.25, 0.3) is 0 Å². The smallest absolute Gasteiger partial charge is 0.480 e. The average molecular weight is 263 g/mol. The number of rotatable bonds is 5. The van der Waals surface area contributed by atoms with Gasteiger partial charge in [-0.2, -0.15) is 0 Å². The molecule has 1 aromatic carbocycles. The van der Waals surface area contributed by atoms with E-state index in [4.69, 9.17) is 10.8 Å². The van der Waals surface area contributed by atoms with E-state index in [0.29, 0.717) is 12.0 Å². The number of hydrogen-bond donors (Lipinski definition) is 2. The highest BCUT2D eigenvalue weighted by molar-refractivity contribution is 5.73. The average Bonchev–Trinajstić information content (AvgIpc) is 2.25. The van der Waals surface area contributed by atoms with E-state index in [9.17, 15) is 18.0 Å². The summed E-state index contributed by atoms with van der Waals surface area (Å²) in [4.78, 5) is 10.5. The lowest BCUT2D eigenvalue weighted by Crippen LogP contribution is -2.30. The topological polar surface area (TPSA) is 72.5 Å². The van der Waals surface area contributed by atoms with Crippen molar-refractivity contribution in [3.05, 3.63) is 29.8 Å². The Bertz CT molecular complexity index is 403. The Morgan fingerprint density at radius 1 is 1.33 bits per heavy atom. The van der Waals surface area contributed by atoms with Crippen LogP contribution in [0.4, 0.5) is 13.2 Å². The van der Waals surface area contributed by atoms with Crippen LogP contribution in [-0.2, 0) is 11.2 Å². The number of aliphatic carboxylic acids is 1. The molecule has 18 heavy (non-hydrogen) atoms. The Morgan fingerprint density at radius 3 is 2.33 bits per heavy atom. The van der Waals surface area contributed by atoms with Crippen molar-refractivity contribution in [2.45, 2.75) is 25.2 Å². The summed E-state index contributed by atoms with van der Waals surface area (Å²) < 4.78 is 39.3. The van der Waals surface area contributed by atoms with Gasteiger partial charge in [0.15, 0.2) is 0 Å². The molecule has 0 radical (unpaired) electrons. The third-order valence-electron chi connectivity index (χ3n) is 2.22. The predicted molar refractivity (Wildman–Crippen MR) is 57.1 cm³/mol. The maximum atomic E-state index is 11.9. The van der Waals surface area contributed by atoms with Gasteiger partial charge in [0.05, 0.1) is 0 Å². The molecule has 4 nitrogen and oxygen atoms in total. The first-order valence-electron chi connectivity index (χ1n) is 5.11. The molecule has 0 unspecified atom stereocenters. The van der Waals surface area contributed by atoms with Crippen molar-refractivity contribution in [1.82, 2.24) is 0 Å². The molecule has 1 aromatic rings. The fourth-order valence-corrected chi connectivity index (χ4v) is 1.30. The minimum atomic E-state index is -4.72. The molecule has 7 heteroatoms. The SMILES string of the molecule is N[C@@H](CCc1ccc(OC(F)(F)F)cc1)C(=O)O. The number of carboxylic acid groups (broad SMARTS) is 1. The molecule has 0 fully saturated rings. The van der Waals surface area contributed by atoms with E-state index >= 15 is 0 Å². The molecule has 0 aliphatic rings. The second-order valence-corrected chi connectivity index (χ2v) is 3.68. The molecule has 100 valence electrons. The first-order chi connectivity index (χ1) is 8.28. The summed E-state index contributed by atoms with van der Waals surface area (Å²) in [5.41, 5.74) is 6.00. The van der Waals surface area contributed by atoms with Gasteiger partial charge in [-0.25, -0.2) is 0 Å². The van der Waals surface area contributed by atoms with Gasteiger partial charge >= 0.3 is 12.3 Å². The third kappa shape index (κ3) is 5.05. The number of aryl methyl sites for hydroxylation is 1. The first-order valence-corrected chi connectivity index (χ1v) is 5.11. The van der Waals surface area contributed by atoms with Crippen LogP contribution in [0.2, 0.25) is 0 Å². The number of hydrogen-bond acceptors (Lipinski definition) is 3. The highest BCUT2D eigenvalue weighted by Gasteiger charge is 2.30. The molecule has 0 heterocycles. The summed E-state index contributed by atoms with van der Waals surface area (Å²) in [6.07, 6.45) is -4.12. The molecule has 0 bridgehead atoms. The molecule has 0 aliphatic carbocycles. The molecule has 0 amide bonds. The molecule has 3 N–H and O–H groups in total. The van der Waals surface area contributed by atoms with Crippen LogP contribution in [0.5, 0.6) is 5.75 Å². The molecule has 0 saturated heterocycles. The van der Waals surface area contributed by atoms with Gasteiger partial charge in [0.1, 0.15) is 11.8 Å². The lowest BCUT2D eigenvalue weighted by molar-refractivity contribution is -0.274. The summed E-state index contributed by atoms with van der Waals surface area (Å²) in [7, 11) is 0. The minimum absolute atomic E-state index is 0.217. The summed E-state index contributed by atoms with van der Waals surface area (Å²) in [6.45, 7) is 0. The fourth-order valence-electron chi connectivity index (χ4n) is 1.30. The fraction of sp³-hybridized carbons (Fsp3) is 0.364. The zero-order valence-electron chi connectivity index (χ0n) is 9.28. The predicted octanol–water partition coefficient (Wildman–Crippen LogP) is 1.93. The van der Waals surface area contributed by atoms with E-state index in [2.05, 4.69) is 4.74 Å². The maximum Gasteiger partial charge on any atom is 0.573 e. The van der Waals surface area contributed by atoms with Gasteiger partial charge in [-0.1, -0.05) is 12.1 Å². The van der Waals surface area contributed by atoms with Crippen LogP contribution in [-0.4, -0.2) is 23.5 Å². The van der Waals surface area contributed by atoms with Crippen LogP contribution in [0.15, 0.2) is 24.3 Å². The Morgan fingerprint density at radius 2 is 1.89 bits per heavy atom. The van der Waals surface area contributed by atoms with E-state index in [1.807, 2.05) is 0 Å². The van der Waals surface area contributed by atoms with Crippen LogP contribution in [0.1, 0.15) is 12.0 Å². The van der Waals surface area contributed by atoms with Crippen molar-refractivity contribution >= 4 is 5.97 Å². The van der Waals surface area contributed by atoms with Crippen molar-refractivity contribution in [2.24, 2.45) is 5.73 Å². The highest BCUT2D eigenvalue weighted by atomic mass is 19.4. The quantitative estimate of drug-likeness (QED) is 0.851. The van der Waals surface area contributed by atoms with E-state index in [-0.39, 0.29) is 12.2 Å². The van der Waals surface area contributed by atoms with Crippen molar-refractivity contribution < 1.29 is 27.8 Å². The Labute approximate surface area is 101 Å². The lowest BCUT2D eigenvalue weighted by Gasteiger charge is -2.10. The van der Waals surface area contributed by atoms with Crippen molar-refractivity contribution in [3.8, 4) is 5.75 Å². The van der Waals surface area contributed by atoms with Gasteiger partial charge in [-0.15, -0.1) is 13.2 Å². The standard InChI is InChI=1S/C11H12F3NO3/c12-11(13,14)18-8-4-1-7(2-5-8)3-6-9(15)10(16)17/h1-2,4-5,9H,3,6,15H2,(H,16,17)/t9-/m0/s1. The summed E-state index contributed by atoms with van der Waals surface area (Å²) >= 11 is 0. The van der Waals surface area contributed by atoms with Crippen molar-refractivity contribution in [3.63, 3.8) is 0 Å². The van der Waals surface area contributed by atoms with E-state index in [0.717, 1.165) is 0 Å². The number of carbonyl (C=O) groups is 1. The third-order valence-corrected chi connectivity index (χ3v) is 2.22. The Balaban J connectivity index is 2.53. The van der Waals surface area contributed by atoms with E-state index in [1.165, 1.54) is 24.3 Å². The van der Waals surface area contributed by atoms with Crippen molar-refractivity contribution in [1.29, 1.82) is 0 Å². The van der Waals surface area contributed by atoms with Gasteiger partial charge < -0.3 is 15.6 Å². The zero-order chi connectivity index (χ0) is 13.8. The number of nitrogens with two attached hydrogens (primary N) is 1. The number of carboxylic acids is 1. The number of ether oxygens (including phenoxy) is 1. The second kappa shape index (κ2) is 5.72. The normalized spacial score (nSPS) is 13.1. The number of benzene rings is 1. The Kier molecular flexibility index (Phi) is 4.55. The molecule has 0 saturated carbocycles. The lowest BCUT2D eigenvalue weighted by atomic mass is 10.1. The largest absolute Gasteiger partial charge is 0.573 e. The van der Waals surface area contributed by atoms with Gasteiger partial charge in [0.25, 0.3) is 0 Å². The monoisotopic (exact) mass is 263 g/mol. The first kappa shape index (κ1) is 14.3. The number of alkyl halides is 3. The van der Waals surface area contributed by atoms with Crippen molar-refractivity contribution in [2.75, 3.05) is 0 Å². The van der Waals surface area contributed by atoms with Crippen LogP contribution in [0, 0.1) is 0 Å².